The number of halogens is 1. The van der Waals surface area contributed by atoms with E-state index in [0.717, 1.165) is 46.5 Å². The molecule has 0 unspecified atom stereocenters. The SMILES string of the molecule is CCCCOc1ccc(C=CC(=O)Nc2nc(-c3ccc(Br)cc3)cs2)cc1. The zero-order chi connectivity index (χ0) is 19.8. The number of rotatable bonds is 8. The van der Waals surface area contributed by atoms with Crippen LogP contribution in [0.1, 0.15) is 25.3 Å². The summed E-state index contributed by atoms with van der Waals surface area (Å²) in [5.74, 6) is 0.637. The molecule has 1 aromatic heterocycles. The summed E-state index contributed by atoms with van der Waals surface area (Å²) in [4.78, 5) is 16.6. The molecule has 6 heteroatoms. The number of aromatic nitrogens is 1. The van der Waals surface area contributed by atoms with Gasteiger partial charge in [0.1, 0.15) is 5.75 Å². The van der Waals surface area contributed by atoms with E-state index in [1.807, 2.05) is 53.9 Å². The molecule has 0 aliphatic carbocycles. The van der Waals surface area contributed by atoms with E-state index in [9.17, 15) is 4.79 Å². The number of unbranched alkanes of at least 4 members (excludes halogenated alkanes) is 1. The minimum atomic E-state index is -0.208. The predicted molar refractivity (Wildman–Crippen MR) is 120 cm³/mol. The number of nitrogens with one attached hydrogen (secondary N) is 1. The Hall–Kier alpha value is -2.44. The summed E-state index contributed by atoms with van der Waals surface area (Å²) in [5.41, 5.74) is 2.79. The molecule has 0 aliphatic heterocycles. The van der Waals surface area contributed by atoms with Crippen LogP contribution in [0.2, 0.25) is 0 Å². The van der Waals surface area contributed by atoms with Gasteiger partial charge in [0.15, 0.2) is 5.13 Å². The Labute approximate surface area is 177 Å². The second-order valence-electron chi connectivity index (χ2n) is 6.14. The number of hydrogen-bond donors (Lipinski definition) is 1. The van der Waals surface area contributed by atoms with Gasteiger partial charge in [-0.05, 0) is 42.3 Å². The number of thiazole rings is 1. The maximum absolute atomic E-state index is 12.2. The van der Waals surface area contributed by atoms with Gasteiger partial charge in [-0.15, -0.1) is 11.3 Å². The van der Waals surface area contributed by atoms with Crippen LogP contribution in [0.3, 0.4) is 0 Å². The number of carbonyl (C=O) groups excluding carboxylic acids is 1. The number of hydrogen-bond acceptors (Lipinski definition) is 4. The normalized spacial score (nSPS) is 10.9. The van der Waals surface area contributed by atoms with E-state index in [1.165, 1.54) is 17.4 Å². The van der Waals surface area contributed by atoms with Gasteiger partial charge in [0.05, 0.1) is 12.3 Å². The molecule has 0 aliphatic rings. The molecule has 0 spiro atoms. The van der Waals surface area contributed by atoms with Gasteiger partial charge in [-0.1, -0.05) is 53.5 Å². The van der Waals surface area contributed by atoms with E-state index >= 15 is 0 Å². The summed E-state index contributed by atoms with van der Waals surface area (Å²) >= 11 is 4.83. The van der Waals surface area contributed by atoms with Crippen molar-refractivity contribution in [1.82, 2.24) is 4.98 Å². The molecule has 4 nitrogen and oxygen atoms in total. The van der Waals surface area contributed by atoms with Gasteiger partial charge < -0.3 is 4.74 Å². The van der Waals surface area contributed by atoms with E-state index in [2.05, 4.69) is 33.2 Å². The van der Waals surface area contributed by atoms with Gasteiger partial charge in [-0.25, -0.2) is 4.98 Å². The minimum absolute atomic E-state index is 0.208. The Morgan fingerprint density at radius 3 is 2.64 bits per heavy atom. The molecular weight excluding hydrogens is 436 g/mol. The molecule has 0 radical (unpaired) electrons. The maximum Gasteiger partial charge on any atom is 0.250 e. The molecule has 1 heterocycles. The van der Waals surface area contributed by atoms with Gasteiger partial charge in [-0.3, -0.25) is 10.1 Å². The fourth-order valence-electron chi connectivity index (χ4n) is 2.41. The molecule has 0 saturated heterocycles. The third kappa shape index (κ3) is 6.04. The lowest BCUT2D eigenvalue weighted by molar-refractivity contribution is -0.111. The molecule has 0 fully saturated rings. The van der Waals surface area contributed by atoms with E-state index in [0.29, 0.717) is 5.13 Å². The molecule has 0 saturated carbocycles. The van der Waals surface area contributed by atoms with Crippen LogP contribution in [0.4, 0.5) is 5.13 Å². The van der Waals surface area contributed by atoms with Crippen molar-refractivity contribution in [2.75, 3.05) is 11.9 Å². The van der Waals surface area contributed by atoms with Gasteiger partial charge in [-0.2, -0.15) is 0 Å². The molecule has 2 aromatic carbocycles. The first kappa shape index (κ1) is 20.3. The van der Waals surface area contributed by atoms with Gasteiger partial charge in [0, 0.05) is 21.5 Å². The largest absolute Gasteiger partial charge is 0.494 e. The molecule has 0 atom stereocenters. The Morgan fingerprint density at radius 2 is 1.93 bits per heavy atom. The fourth-order valence-corrected chi connectivity index (χ4v) is 3.40. The maximum atomic E-state index is 12.2. The van der Waals surface area contributed by atoms with Crippen molar-refractivity contribution in [1.29, 1.82) is 0 Å². The standard InChI is InChI=1S/C22H21BrN2O2S/c1-2-3-14-27-19-11-4-16(5-12-19)6-13-21(26)25-22-24-20(15-28-22)17-7-9-18(23)10-8-17/h4-13,15H,2-3,14H2,1H3,(H,24,25,26). The highest BCUT2D eigenvalue weighted by atomic mass is 79.9. The quantitative estimate of drug-likeness (QED) is 0.314. The highest BCUT2D eigenvalue weighted by molar-refractivity contribution is 9.10. The molecule has 1 N–H and O–H groups in total. The van der Waals surface area contributed by atoms with E-state index < -0.39 is 0 Å². The fraction of sp³-hybridized carbons (Fsp3) is 0.182. The van der Waals surface area contributed by atoms with Gasteiger partial charge >= 0.3 is 0 Å². The molecule has 1 amide bonds. The third-order valence-corrected chi connectivity index (χ3v) is 5.23. The molecule has 0 bridgehead atoms. The summed E-state index contributed by atoms with van der Waals surface area (Å²) in [6.45, 7) is 2.86. The third-order valence-electron chi connectivity index (χ3n) is 3.95. The predicted octanol–water partition coefficient (Wildman–Crippen LogP) is 6.40. The number of anilines is 1. The second-order valence-corrected chi connectivity index (χ2v) is 7.91. The Bertz CT molecular complexity index is 934. The van der Waals surface area contributed by atoms with Crippen molar-refractivity contribution in [3.05, 3.63) is 70.0 Å². The summed E-state index contributed by atoms with van der Waals surface area (Å²) in [7, 11) is 0. The van der Waals surface area contributed by atoms with Crippen LogP contribution in [-0.4, -0.2) is 17.5 Å². The van der Waals surface area contributed by atoms with Crippen molar-refractivity contribution in [3.63, 3.8) is 0 Å². The van der Waals surface area contributed by atoms with E-state index in [1.54, 1.807) is 6.08 Å². The van der Waals surface area contributed by atoms with Crippen molar-refractivity contribution in [3.8, 4) is 17.0 Å². The summed E-state index contributed by atoms with van der Waals surface area (Å²) in [5, 5.41) is 5.31. The number of carbonyl (C=O) groups is 1. The lowest BCUT2D eigenvalue weighted by Crippen LogP contribution is -2.07. The summed E-state index contributed by atoms with van der Waals surface area (Å²) in [6.07, 6.45) is 5.43. The molecule has 3 aromatic rings. The zero-order valence-electron chi connectivity index (χ0n) is 15.5. The number of amides is 1. The van der Waals surface area contributed by atoms with Gasteiger partial charge in [0.2, 0.25) is 5.91 Å². The van der Waals surface area contributed by atoms with Crippen molar-refractivity contribution in [2.24, 2.45) is 0 Å². The summed E-state index contributed by atoms with van der Waals surface area (Å²) in [6, 6.07) is 15.6. The van der Waals surface area contributed by atoms with E-state index in [4.69, 9.17) is 4.74 Å². The molecular formula is C22H21BrN2O2S. The van der Waals surface area contributed by atoms with Crippen LogP contribution < -0.4 is 10.1 Å². The Balaban J connectivity index is 1.54. The van der Waals surface area contributed by atoms with Crippen molar-refractivity contribution >= 4 is 44.4 Å². The molecule has 28 heavy (non-hydrogen) atoms. The number of benzene rings is 2. The monoisotopic (exact) mass is 456 g/mol. The second kappa shape index (κ2) is 10.2. The lowest BCUT2D eigenvalue weighted by Gasteiger charge is -2.05. The highest BCUT2D eigenvalue weighted by Gasteiger charge is 2.06. The van der Waals surface area contributed by atoms with Crippen molar-refractivity contribution < 1.29 is 9.53 Å². The van der Waals surface area contributed by atoms with Crippen LogP contribution in [-0.2, 0) is 4.79 Å². The smallest absolute Gasteiger partial charge is 0.250 e. The topological polar surface area (TPSA) is 51.2 Å². The average molecular weight is 457 g/mol. The first-order chi connectivity index (χ1) is 13.6. The van der Waals surface area contributed by atoms with E-state index in [-0.39, 0.29) is 5.91 Å². The lowest BCUT2D eigenvalue weighted by atomic mass is 10.2. The molecule has 144 valence electrons. The number of nitrogens with zero attached hydrogens (tertiary/aromatic N) is 1. The minimum Gasteiger partial charge on any atom is -0.494 e. The highest BCUT2D eigenvalue weighted by Crippen LogP contribution is 2.26. The zero-order valence-corrected chi connectivity index (χ0v) is 17.9. The van der Waals surface area contributed by atoms with Gasteiger partial charge in [0.25, 0.3) is 0 Å². The van der Waals surface area contributed by atoms with Crippen LogP contribution in [0.15, 0.2) is 64.5 Å². The first-order valence-electron chi connectivity index (χ1n) is 9.07. The first-order valence-corrected chi connectivity index (χ1v) is 10.7. The summed E-state index contributed by atoms with van der Waals surface area (Å²) < 4.78 is 6.66. The van der Waals surface area contributed by atoms with Crippen LogP contribution in [0.25, 0.3) is 17.3 Å². The van der Waals surface area contributed by atoms with Crippen LogP contribution in [0.5, 0.6) is 5.75 Å². The van der Waals surface area contributed by atoms with Crippen LogP contribution >= 0.6 is 27.3 Å². The number of ether oxygens (including phenoxy) is 1. The Morgan fingerprint density at radius 1 is 1.18 bits per heavy atom. The Kier molecular flexibility index (Phi) is 7.39. The average Bonchev–Trinajstić information content (AvgIpc) is 3.16. The molecule has 3 rings (SSSR count). The van der Waals surface area contributed by atoms with Crippen molar-refractivity contribution in [2.45, 2.75) is 19.8 Å². The van der Waals surface area contributed by atoms with Crippen LogP contribution in [0, 0.1) is 0 Å².